The number of allylic oxidation sites excluding steroid dienone is 2. The molecule has 9 heteroatoms. The van der Waals surface area contributed by atoms with E-state index in [1.54, 1.807) is 26.2 Å². The maximum atomic E-state index is 12.6. The quantitative estimate of drug-likeness (QED) is 0.315. The van der Waals surface area contributed by atoms with Gasteiger partial charge in [0.1, 0.15) is 12.1 Å². The summed E-state index contributed by atoms with van der Waals surface area (Å²) in [6.07, 6.45) is 11.8. The summed E-state index contributed by atoms with van der Waals surface area (Å²) >= 11 is 0. The number of aromatic nitrogens is 2. The van der Waals surface area contributed by atoms with E-state index in [0.717, 1.165) is 32.1 Å². The molecule has 182 valence electrons. The first-order valence-corrected chi connectivity index (χ1v) is 11.6. The fraction of sp³-hybridized carbons (Fsp3) is 0.385. The highest BCUT2D eigenvalue weighted by Gasteiger charge is 2.24. The minimum atomic E-state index is -0.629. The van der Waals surface area contributed by atoms with Crippen molar-refractivity contribution in [2.45, 2.75) is 32.3 Å². The van der Waals surface area contributed by atoms with Crippen LogP contribution < -0.4 is 14.8 Å². The van der Waals surface area contributed by atoms with Crippen LogP contribution in [0.5, 0.6) is 11.5 Å². The van der Waals surface area contributed by atoms with E-state index in [2.05, 4.69) is 26.1 Å². The Morgan fingerprint density at radius 2 is 1.94 bits per heavy atom. The number of hydrogen-bond donors (Lipinski definition) is 1. The van der Waals surface area contributed by atoms with Gasteiger partial charge in [-0.3, -0.25) is 9.59 Å². The summed E-state index contributed by atoms with van der Waals surface area (Å²) < 4.78 is 16.9. The Bertz CT molecular complexity index is 1220. The molecule has 0 bridgehead atoms. The van der Waals surface area contributed by atoms with Gasteiger partial charge in [-0.05, 0) is 45.3 Å². The predicted octanol–water partition coefficient (Wildman–Crippen LogP) is 2.87. The average molecular weight is 477 g/mol. The zero-order valence-corrected chi connectivity index (χ0v) is 19.9. The number of terminal acetylenes is 1. The summed E-state index contributed by atoms with van der Waals surface area (Å²) in [5, 5.41) is 3.56. The highest BCUT2D eigenvalue weighted by atomic mass is 16.5. The minimum absolute atomic E-state index is 0.0666. The number of methoxy groups -OCH3 is 1. The molecule has 1 fully saturated rings. The molecule has 1 aliphatic carbocycles. The summed E-state index contributed by atoms with van der Waals surface area (Å²) in [5.41, 5.74) is 0.673. The zero-order valence-electron chi connectivity index (χ0n) is 19.9. The molecule has 35 heavy (non-hydrogen) atoms. The molecule has 1 atom stereocenters. The molecule has 0 amide bonds. The summed E-state index contributed by atoms with van der Waals surface area (Å²) in [5.74, 6) is 2.84. The first-order chi connectivity index (χ1) is 17.0. The fourth-order valence-electron chi connectivity index (χ4n) is 4.00. The molecule has 4 rings (SSSR count). The van der Waals surface area contributed by atoms with Crippen molar-refractivity contribution in [3.05, 3.63) is 42.1 Å². The van der Waals surface area contributed by atoms with Crippen molar-refractivity contribution in [3.63, 3.8) is 0 Å². The van der Waals surface area contributed by atoms with Crippen molar-refractivity contribution in [1.82, 2.24) is 14.9 Å². The molecule has 9 nitrogen and oxygen atoms in total. The normalized spacial score (nSPS) is 16.9. The van der Waals surface area contributed by atoms with Crippen molar-refractivity contribution in [2.75, 3.05) is 38.7 Å². The first kappa shape index (κ1) is 24.2. The lowest BCUT2D eigenvalue weighted by atomic mass is 10.1. The van der Waals surface area contributed by atoms with Gasteiger partial charge in [0.05, 0.1) is 24.9 Å². The lowest BCUT2D eigenvalue weighted by molar-refractivity contribution is -0.118. The Morgan fingerprint density at radius 1 is 1.14 bits per heavy atom. The van der Waals surface area contributed by atoms with Crippen molar-refractivity contribution in [2.24, 2.45) is 0 Å². The largest absolute Gasteiger partial charge is 0.493 e. The van der Waals surface area contributed by atoms with Crippen LogP contribution in [0.3, 0.4) is 0 Å². The summed E-state index contributed by atoms with van der Waals surface area (Å²) in [7, 11) is 1.56. The van der Waals surface area contributed by atoms with Crippen LogP contribution in [-0.2, 0) is 14.3 Å². The van der Waals surface area contributed by atoms with Crippen LogP contribution in [0.2, 0.25) is 0 Å². The first-order valence-electron chi connectivity index (χ1n) is 11.6. The van der Waals surface area contributed by atoms with Crippen LogP contribution in [0.15, 0.2) is 42.1 Å². The molecule has 2 aromatic rings. The molecule has 1 unspecified atom stereocenters. The van der Waals surface area contributed by atoms with Gasteiger partial charge in [-0.15, -0.1) is 6.42 Å². The second-order valence-electron chi connectivity index (χ2n) is 8.34. The number of anilines is 1. The number of nitrogens with zero attached hydrogens (tertiary/aromatic N) is 3. The van der Waals surface area contributed by atoms with E-state index in [1.165, 1.54) is 25.2 Å². The highest BCUT2D eigenvalue weighted by molar-refractivity contribution is 6.20. The molecule has 1 N–H and O–H groups in total. The molecule has 1 aromatic heterocycles. The predicted molar refractivity (Wildman–Crippen MR) is 131 cm³/mol. The fourth-order valence-corrected chi connectivity index (χ4v) is 4.00. The number of hydrogen-bond acceptors (Lipinski definition) is 9. The highest BCUT2D eigenvalue weighted by Crippen LogP contribution is 2.34. The summed E-state index contributed by atoms with van der Waals surface area (Å²) in [6.45, 7) is 5.50. The monoisotopic (exact) mass is 476 g/mol. The van der Waals surface area contributed by atoms with Crippen LogP contribution in [-0.4, -0.2) is 65.9 Å². The number of fused-ring (bicyclic) bond motifs is 1. The third kappa shape index (κ3) is 5.78. The van der Waals surface area contributed by atoms with Crippen LogP contribution in [0.25, 0.3) is 10.9 Å². The lowest BCUT2D eigenvalue weighted by Crippen LogP contribution is -2.22. The summed E-state index contributed by atoms with van der Waals surface area (Å²) in [6, 6.07) is 3.54. The maximum Gasteiger partial charge on any atom is 0.222 e. The molecular weight excluding hydrogens is 448 g/mol. The Morgan fingerprint density at radius 3 is 2.69 bits per heavy atom. The van der Waals surface area contributed by atoms with Crippen molar-refractivity contribution in [1.29, 1.82) is 0 Å². The maximum absolute atomic E-state index is 12.6. The van der Waals surface area contributed by atoms with Gasteiger partial charge in [0.25, 0.3) is 0 Å². The molecule has 0 saturated carbocycles. The van der Waals surface area contributed by atoms with E-state index in [4.69, 9.17) is 20.6 Å². The van der Waals surface area contributed by atoms with Gasteiger partial charge in [-0.25, -0.2) is 9.97 Å². The van der Waals surface area contributed by atoms with E-state index in [0.29, 0.717) is 34.8 Å². The molecular formula is C26H28N4O5. The number of carbonyl (C=O) groups is 2. The third-order valence-corrected chi connectivity index (χ3v) is 5.83. The number of likely N-dealkylation sites (tertiary alicyclic amines) is 1. The topological polar surface area (TPSA) is 103 Å². The van der Waals surface area contributed by atoms with Crippen LogP contribution >= 0.6 is 0 Å². The molecule has 1 aliphatic heterocycles. The Labute approximate surface area is 204 Å². The summed E-state index contributed by atoms with van der Waals surface area (Å²) in [4.78, 5) is 36.0. The minimum Gasteiger partial charge on any atom is -0.493 e. The van der Waals surface area contributed by atoms with E-state index >= 15 is 0 Å². The average Bonchev–Trinajstić information content (AvgIpc) is 3.38. The number of ketones is 2. The molecule has 1 saturated heterocycles. The van der Waals surface area contributed by atoms with Gasteiger partial charge in [0, 0.05) is 30.1 Å². The Balaban J connectivity index is 1.49. The number of carbonyl (C=O) groups excluding carboxylic acids is 2. The van der Waals surface area contributed by atoms with Gasteiger partial charge in [0.15, 0.2) is 23.4 Å². The number of benzene rings is 1. The third-order valence-electron chi connectivity index (χ3n) is 5.83. The smallest absolute Gasteiger partial charge is 0.222 e. The van der Waals surface area contributed by atoms with E-state index < -0.39 is 17.7 Å². The SMILES string of the molecule is C#CC(C)OC1=CC(=O)C(Nc2ncnc3cc(OCCCN4CCCC4)c(OC)cc23)=CC1=O. The van der Waals surface area contributed by atoms with Gasteiger partial charge in [-0.2, -0.15) is 0 Å². The van der Waals surface area contributed by atoms with Crippen molar-refractivity contribution in [3.8, 4) is 23.8 Å². The zero-order chi connectivity index (χ0) is 24.8. The van der Waals surface area contributed by atoms with Crippen molar-refractivity contribution < 1.29 is 23.8 Å². The number of ether oxygens (including phenoxy) is 3. The Kier molecular flexibility index (Phi) is 7.63. The van der Waals surface area contributed by atoms with Crippen LogP contribution in [0, 0.1) is 12.3 Å². The molecule has 0 spiro atoms. The molecule has 2 aliphatic rings. The lowest BCUT2D eigenvalue weighted by Gasteiger charge is -2.17. The van der Waals surface area contributed by atoms with Gasteiger partial charge < -0.3 is 24.4 Å². The van der Waals surface area contributed by atoms with Gasteiger partial charge in [0.2, 0.25) is 11.6 Å². The van der Waals surface area contributed by atoms with Crippen molar-refractivity contribution >= 4 is 28.3 Å². The second kappa shape index (κ2) is 11.0. The van der Waals surface area contributed by atoms with E-state index in [-0.39, 0.29) is 11.5 Å². The number of rotatable bonds is 10. The second-order valence-corrected chi connectivity index (χ2v) is 8.34. The standard InChI is InChI=1S/C26H28N4O5/c1-4-17(2)35-23-15-21(31)20(13-22(23)32)29-26-18-12-24(33-3)25(14-19(18)27-16-28-26)34-11-7-10-30-8-5-6-9-30/h1,12-17H,5-11H2,2-3H3,(H,27,28,29). The molecule has 0 radical (unpaired) electrons. The van der Waals surface area contributed by atoms with Gasteiger partial charge in [-0.1, -0.05) is 5.92 Å². The molecule has 1 aromatic carbocycles. The Hall–Kier alpha value is -3.90. The van der Waals surface area contributed by atoms with Gasteiger partial charge >= 0.3 is 0 Å². The van der Waals surface area contributed by atoms with Crippen LogP contribution in [0.4, 0.5) is 5.82 Å². The van der Waals surface area contributed by atoms with E-state index in [1.807, 2.05) is 0 Å². The number of nitrogens with one attached hydrogen (secondary N) is 1. The van der Waals surface area contributed by atoms with E-state index in [9.17, 15) is 9.59 Å². The molecule has 2 heterocycles. The van der Waals surface area contributed by atoms with Crippen LogP contribution in [0.1, 0.15) is 26.2 Å².